The van der Waals surface area contributed by atoms with E-state index in [0.29, 0.717) is 6.54 Å². The average Bonchev–Trinajstić information content (AvgIpc) is 3.05. The van der Waals surface area contributed by atoms with Crippen LogP contribution in [-0.2, 0) is 6.42 Å². The molecular weight excluding hydrogens is 312 g/mol. The molecule has 25 heavy (non-hydrogen) atoms. The van der Waals surface area contributed by atoms with Crippen LogP contribution in [0.4, 0.5) is 0 Å². The zero-order valence-electron chi connectivity index (χ0n) is 16.1. The fourth-order valence-electron chi connectivity index (χ4n) is 3.10. The van der Waals surface area contributed by atoms with Crippen molar-refractivity contribution in [1.29, 1.82) is 0 Å². The highest BCUT2D eigenvalue weighted by molar-refractivity contribution is 5.79. The summed E-state index contributed by atoms with van der Waals surface area (Å²) in [6, 6.07) is 8.27. The first kappa shape index (κ1) is 19.6. The number of rotatable bonds is 10. The maximum atomic E-state index is 5.96. The fraction of sp³-hybridized carbons (Fsp3) is 0.650. The number of ether oxygens (including phenoxy) is 1. The molecule has 1 heterocycles. The molecule has 1 atom stereocenters. The Morgan fingerprint density at radius 2 is 1.96 bits per heavy atom. The van der Waals surface area contributed by atoms with Crippen LogP contribution in [0.5, 0.6) is 5.75 Å². The first-order valence-electron chi connectivity index (χ1n) is 9.75. The van der Waals surface area contributed by atoms with Gasteiger partial charge >= 0.3 is 0 Å². The summed E-state index contributed by atoms with van der Waals surface area (Å²) in [6.07, 6.45) is 3.47. The average molecular weight is 347 g/mol. The maximum Gasteiger partial charge on any atom is 0.191 e. The molecular formula is C20H34N4O. The highest BCUT2D eigenvalue weighted by Crippen LogP contribution is 2.28. The first-order chi connectivity index (χ1) is 12.3. The summed E-state index contributed by atoms with van der Waals surface area (Å²) in [5, 5.41) is 6.76. The lowest BCUT2D eigenvalue weighted by Crippen LogP contribution is -2.38. The lowest BCUT2D eigenvalue weighted by molar-refractivity contribution is 0.241. The number of hydrogen-bond acceptors (Lipinski definition) is 3. The van der Waals surface area contributed by atoms with E-state index < -0.39 is 0 Å². The second-order valence-electron chi connectivity index (χ2n) is 6.43. The van der Waals surface area contributed by atoms with Crippen molar-refractivity contribution in [3.63, 3.8) is 0 Å². The van der Waals surface area contributed by atoms with Gasteiger partial charge < -0.3 is 20.3 Å². The van der Waals surface area contributed by atoms with Gasteiger partial charge in [0.05, 0.1) is 6.54 Å². The molecule has 0 aromatic heterocycles. The predicted octanol–water partition coefficient (Wildman–Crippen LogP) is 2.67. The largest absolute Gasteiger partial charge is 0.488 e. The van der Waals surface area contributed by atoms with Gasteiger partial charge in [-0.15, -0.1) is 0 Å². The van der Waals surface area contributed by atoms with Crippen LogP contribution >= 0.6 is 0 Å². The molecule has 0 spiro atoms. The number of para-hydroxylation sites is 1. The van der Waals surface area contributed by atoms with Crippen LogP contribution in [0.1, 0.15) is 39.2 Å². The van der Waals surface area contributed by atoms with Crippen LogP contribution in [0.3, 0.4) is 0 Å². The topological polar surface area (TPSA) is 48.9 Å². The molecule has 0 aliphatic carbocycles. The molecule has 2 rings (SSSR count). The molecule has 140 valence electrons. The van der Waals surface area contributed by atoms with Crippen molar-refractivity contribution in [3.8, 4) is 5.75 Å². The Kier molecular flexibility index (Phi) is 8.60. The van der Waals surface area contributed by atoms with E-state index in [9.17, 15) is 0 Å². The minimum absolute atomic E-state index is 0.149. The van der Waals surface area contributed by atoms with Crippen molar-refractivity contribution in [2.24, 2.45) is 4.99 Å². The van der Waals surface area contributed by atoms with Crippen molar-refractivity contribution < 1.29 is 4.74 Å². The molecule has 1 aromatic carbocycles. The quantitative estimate of drug-likeness (QED) is 0.388. The van der Waals surface area contributed by atoms with Crippen molar-refractivity contribution >= 4 is 5.96 Å². The molecule has 1 aromatic rings. The number of guanidine groups is 1. The number of nitrogens with zero attached hydrogens (tertiary/aromatic N) is 2. The summed E-state index contributed by atoms with van der Waals surface area (Å²) in [5.41, 5.74) is 1.29. The van der Waals surface area contributed by atoms with Gasteiger partial charge in [0.2, 0.25) is 0 Å². The lowest BCUT2D eigenvalue weighted by Gasteiger charge is -2.18. The van der Waals surface area contributed by atoms with Crippen LogP contribution in [0.2, 0.25) is 0 Å². The van der Waals surface area contributed by atoms with Crippen LogP contribution in [0, 0.1) is 0 Å². The molecule has 0 radical (unpaired) electrons. The van der Waals surface area contributed by atoms with E-state index in [1.54, 1.807) is 0 Å². The number of nitrogens with one attached hydrogen (secondary N) is 2. The van der Waals surface area contributed by atoms with Crippen molar-refractivity contribution in [2.75, 3.05) is 39.3 Å². The van der Waals surface area contributed by atoms with Gasteiger partial charge in [0, 0.05) is 19.5 Å². The Labute approximate surface area is 152 Å². The lowest BCUT2D eigenvalue weighted by atomic mass is 10.1. The summed E-state index contributed by atoms with van der Waals surface area (Å²) in [6.45, 7) is 12.5. The number of aliphatic imine (C=N–C) groups is 1. The summed E-state index contributed by atoms with van der Waals surface area (Å²) >= 11 is 0. The second kappa shape index (κ2) is 11.0. The standard InChI is InChI=1S/C20H34N4O/c1-4-21-20(22-13-9-10-14-24(5-2)6-3)23-16-18-15-17-11-7-8-12-19(17)25-18/h7-8,11-12,18H,4-6,9-10,13-16H2,1-3H3,(H2,21,22,23). The van der Waals surface area contributed by atoms with Crippen LogP contribution < -0.4 is 15.4 Å². The molecule has 5 heteroatoms. The third-order valence-electron chi connectivity index (χ3n) is 4.60. The van der Waals surface area contributed by atoms with Gasteiger partial charge in [-0.2, -0.15) is 0 Å². The number of benzene rings is 1. The molecule has 2 N–H and O–H groups in total. The van der Waals surface area contributed by atoms with Gasteiger partial charge in [-0.25, -0.2) is 4.99 Å². The van der Waals surface area contributed by atoms with Crippen LogP contribution in [0.25, 0.3) is 0 Å². The van der Waals surface area contributed by atoms with Crippen molar-refractivity contribution in [3.05, 3.63) is 29.8 Å². The van der Waals surface area contributed by atoms with E-state index in [1.807, 2.05) is 12.1 Å². The highest BCUT2D eigenvalue weighted by atomic mass is 16.5. The molecule has 1 unspecified atom stereocenters. The van der Waals surface area contributed by atoms with Gasteiger partial charge in [0.1, 0.15) is 11.9 Å². The van der Waals surface area contributed by atoms with E-state index in [-0.39, 0.29) is 6.10 Å². The third-order valence-corrected chi connectivity index (χ3v) is 4.60. The fourth-order valence-corrected chi connectivity index (χ4v) is 3.10. The molecule has 1 aliphatic rings. The second-order valence-corrected chi connectivity index (χ2v) is 6.43. The van der Waals surface area contributed by atoms with E-state index in [1.165, 1.54) is 18.5 Å². The Hall–Kier alpha value is -1.75. The van der Waals surface area contributed by atoms with Gasteiger partial charge in [-0.05, 0) is 51.0 Å². The monoisotopic (exact) mass is 346 g/mol. The normalized spacial score (nSPS) is 16.6. The Balaban J connectivity index is 1.70. The van der Waals surface area contributed by atoms with Gasteiger partial charge in [0.15, 0.2) is 5.96 Å². The maximum absolute atomic E-state index is 5.96. The summed E-state index contributed by atoms with van der Waals surface area (Å²) in [4.78, 5) is 7.17. The molecule has 0 saturated heterocycles. The van der Waals surface area contributed by atoms with E-state index in [4.69, 9.17) is 9.73 Å². The minimum atomic E-state index is 0.149. The SMILES string of the molecule is CCNC(=NCC1Cc2ccccc2O1)NCCCCN(CC)CC. The first-order valence-corrected chi connectivity index (χ1v) is 9.75. The number of fused-ring (bicyclic) bond motifs is 1. The van der Waals surface area contributed by atoms with E-state index >= 15 is 0 Å². The summed E-state index contributed by atoms with van der Waals surface area (Å²) < 4.78 is 5.96. The van der Waals surface area contributed by atoms with Crippen molar-refractivity contribution in [2.45, 2.75) is 46.1 Å². The Bertz CT molecular complexity index is 503. The van der Waals surface area contributed by atoms with E-state index in [2.05, 4.69) is 48.4 Å². The summed E-state index contributed by atoms with van der Waals surface area (Å²) in [5.74, 6) is 1.90. The third kappa shape index (κ3) is 6.58. The van der Waals surface area contributed by atoms with Gasteiger partial charge in [0.25, 0.3) is 0 Å². The molecule has 0 amide bonds. The molecule has 0 saturated carbocycles. The zero-order chi connectivity index (χ0) is 17.9. The van der Waals surface area contributed by atoms with Crippen LogP contribution in [0.15, 0.2) is 29.3 Å². The van der Waals surface area contributed by atoms with Gasteiger partial charge in [-0.3, -0.25) is 0 Å². The number of hydrogen-bond donors (Lipinski definition) is 2. The van der Waals surface area contributed by atoms with Gasteiger partial charge in [-0.1, -0.05) is 32.0 Å². The molecule has 1 aliphatic heterocycles. The highest BCUT2D eigenvalue weighted by Gasteiger charge is 2.21. The Morgan fingerprint density at radius 3 is 2.68 bits per heavy atom. The summed E-state index contributed by atoms with van der Waals surface area (Å²) in [7, 11) is 0. The molecule has 0 fully saturated rings. The molecule has 5 nitrogen and oxygen atoms in total. The molecule has 0 bridgehead atoms. The predicted molar refractivity (Wildman–Crippen MR) is 106 cm³/mol. The zero-order valence-corrected chi connectivity index (χ0v) is 16.1. The van der Waals surface area contributed by atoms with Crippen molar-refractivity contribution in [1.82, 2.24) is 15.5 Å². The smallest absolute Gasteiger partial charge is 0.191 e. The minimum Gasteiger partial charge on any atom is -0.488 e. The Morgan fingerprint density at radius 1 is 1.16 bits per heavy atom. The number of unbranched alkanes of at least 4 members (excludes halogenated alkanes) is 1. The van der Waals surface area contributed by atoms with Crippen LogP contribution in [-0.4, -0.2) is 56.2 Å². The van der Waals surface area contributed by atoms with E-state index in [0.717, 1.165) is 50.7 Å².